The smallest absolute Gasteiger partial charge is 0.0931 e. The number of aliphatic hydroxyl groups is 2. The van der Waals surface area contributed by atoms with E-state index in [1.54, 1.807) is 13.1 Å². The van der Waals surface area contributed by atoms with Crippen molar-refractivity contribution in [2.45, 2.75) is 26.4 Å². The summed E-state index contributed by atoms with van der Waals surface area (Å²) in [6.45, 7) is 5.44. The molecule has 90 valence electrons. The molecule has 0 aromatic carbocycles. The zero-order valence-corrected chi connectivity index (χ0v) is 9.93. The molecular weight excluding hydrogens is 204 g/mol. The van der Waals surface area contributed by atoms with Crippen molar-refractivity contribution >= 4 is 5.69 Å². The second kappa shape index (κ2) is 6.45. The SMILES string of the molecule is CCCN(CCO)c1ccc([C@H](C)O)nc1. The predicted octanol–water partition coefficient (Wildman–Crippen LogP) is 1.34. The minimum absolute atomic E-state index is 0.137. The summed E-state index contributed by atoms with van der Waals surface area (Å²) in [6, 6.07) is 3.75. The van der Waals surface area contributed by atoms with E-state index in [-0.39, 0.29) is 6.61 Å². The molecule has 0 bridgehead atoms. The van der Waals surface area contributed by atoms with E-state index in [1.807, 2.05) is 12.1 Å². The monoisotopic (exact) mass is 224 g/mol. The first kappa shape index (κ1) is 12.9. The summed E-state index contributed by atoms with van der Waals surface area (Å²) in [6.07, 6.45) is 2.23. The summed E-state index contributed by atoms with van der Waals surface area (Å²) >= 11 is 0. The van der Waals surface area contributed by atoms with Gasteiger partial charge in [0.2, 0.25) is 0 Å². The number of hydrogen-bond donors (Lipinski definition) is 2. The van der Waals surface area contributed by atoms with Gasteiger partial charge in [0.25, 0.3) is 0 Å². The standard InChI is InChI=1S/C12H20N2O2/c1-3-6-14(7-8-15)11-4-5-12(10(2)16)13-9-11/h4-5,9-10,15-16H,3,6-8H2,1-2H3/t10-/m0/s1. The van der Waals surface area contributed by atoms with E-state index in [0.29, 0.717) is 12.2 Å². The van der Waals surface area contributed by atoms with Gasteiger partial charge in [-0.05, 0) is 25.5 Å². The van der Waals surface area contributed by atoms with Gasteiger partial charge in [0.05, 0.1) is 30.3 Å². The van der Waals surface area contributed by atoms with Gasteiger partial charge in [0, 0.05) is 13.1 Å². The molecule has 0 aliphatic heterocycles. The third-order valence-corrected chi connectivity index (χ3v) is 2.43. The van der Waals surface area contributed by atoms with Gasteiger partial charge in [0.15, 0.2) is 0 Å². The number of rotatable bonds is 6. The minimum Gasteiger partial charge on any atom is -0.395 e. The molecule has 4 nitrogen and oxygen atoms in total. The van der Waals surface area contributed by atoms with E-state index in [2.05, 4.69) is 16.8 Å². The van der Waals surface area contributed by atoms with Crippen LogP contribution in [0.4, 0.5) is 5.69 Å². The van der Waals surface area contributed by atoms with Crippen LogP contribution in [0.5, 0.6) is 0 Å². The maximum Gasteiger partial charge on any atom is 0.0931 e. The first-order valence-electron chi connectivity index (χ1n) is 5.68. The molecule has 1 aromatic rings. The van der Waals surface area contributed by atoms with Gasteiger partial charge < -0.3 is 15.1 Å². The van der Waals surface area contributed by atoms with Gasteiger partial charge in [0.1, 0.15) is 0 Å². The Kier molecular flexibility index (Phi) is 5.22. The molecule has 0 unspecified atom stereocenters. The van der Waals surface area contributed by atoms with Crippen LogP contribution in [0.3, 0.4) is 0 Å². The van der Waals surface area contributed by atoms with Gasteiger partial charge >= 0.3 is 0 Å². The van der Waals surface area contributed by atoms with Crippen LogP contribution >= 0.6 is 0 Å². The fourth-order valence-corrected chi connectivity index (χ4v) is 1.59. The lowest BCUT2D eigenvalue weighted by Crippen LogP contribution is -2.27. The van der Waals surface area contributed by atoms with E-state index < -0.39 is 6.10 Å². The molecule has 1 aromatic heterocycles. The summed E-state index contributed by atoms with van der Waals surface area (Å²) in [5.74, 6) is 0. The van der Waals surface area contributed by atoms with Crippen molar-refractivity contribution in [3.8, 4) is 0 Å². The van der Waals surface area contributed by atoms with E-state index in [0.717, 1.165) is 18.7 Å². The Labute approximate surface area is 96.6 Å². The Bertz CT molecular complexity index is 292. The van der Waals surface area contributed by atoms with Crippen LogP contribution in [0.15, 0.2) is 18.3 Å². The summed E-state index contributed by atoms with van der Waals surface area (Å²) in [5.41, 5.74) is 1.66. The molecule has 1 heterocycles. The topological polar surface area (TPSA) is 56.6 Å². The Morgan fingerprint density at radius 2 is 2.12 bits per heavy atom. The normalized spacial score (nSPS) is 12.5. The first-order valence-corrected chi connectivity index (χ1v) is 5.68. The maximum atomic E-state index is 9.34. The molecule has 0 spiro atoms. The molecule has 2 N–H and O–H groups in total. The predicted molar refractivity (Wildman–Crippen MR) is 64.5 cm³/mol. The molecule has 1 rings (SSSR count). The highest BCUT2D eigenvalue weighted by Crippen LogP contribution is 2.16. The van der Waals surface area contributed by atoms with E-state index in [1.165, 1.54) is 0 Å². The van der Waals surface area contributed by atoms with Gasteiger partial charge in [-0.15, -0.1) is 0 Å². The molecule has 16 heavy (non-hydrogen) atoms. The maximum absolute atomic E-state index is 9.34. The average Bonchev–Trinajstić information content (AvgIpc) is 2.29. The van der Waals surface area contributed by atoms with Crippen LogP contribution < -0.4 is 4.90 Å². The highest BCUT2D eigenvalue weighted by atomic mass is 16.3. The van der Waals surface area contributed by atoms with Crippen molar-refractivity contribution in [1.82, 2.24) is 4.98 Å². The number of pyridine rings is 1. The van der Waals surface area contributed by atoms with Gasteiger partial charge in [-0.1, -0.05) is 6.92 Å². The fourth-order valence-electron chi connectivity index (χ4n) is 1.59. The van der Waals surface area contributed by atoms with Crippen LogP contribution in [-0.4, -0.2) is 34.9 Å². The van der Waals surface area contributed by atoms with Crippen molar-refractivity contribution in [2.75, 3.05) is 24.6 Å². The van der Waals surface area contributed by atoms with E-state index >= 15 is 0 Å². The molecule has 0 amide bonds. The third kappa shape index (κ3) is 3.47. The second-order valence-electron chi connectivity index (χ2n) is 3.83. The summed E-state index contributed by atoms with van der Waals surface area (Å²) < 4.78 is 0. The lowest BCUT2D eigenvalue weighted by Gasteiger charge is -2.23. The van der Waals surface area contributed by atoms with Crippen LogP contribution in [0.25, 0.3) is 0 Å². The Morgan fingerprint density at radius 3 is 2.56 bits per heavy atom. The minimum atomic E-state index is -0.536. The van der Waals surface area contributed by atoms with Crippen LogP contribution in [-0.2, 0) is 0 Å². The lowest BCUT2D eigenvalue weighted by atomic mass is 10.2. The van der Waals surface area contributed by atoms with Crippen molar-refractivity contribution in [2.24, 2.45) is 0 Å². The average molecular weight is 224 g/mol. The summed E-state index contributed by atoms with van der Waals surface area (Å²) in [5, 5.41) is 18.3. The number of aromatic nitrogens is 1. The van der Waals surface area contributed by atoms with Crippen LogP contribution in [0.1, 0.15) is 32.1 Å². The molecule has 0 fully saturated rings. The quantitative estimate of drug-likeness (QED) is 0.765. The second-order valence-corrected chi connectivity index (χ2v) is 3.83. The van der Waals surface area contributed by atoms with E-state index in [4.69, 9.17) is 5.11 Å². The zero-order valence-electron chi connectivity index (χ0n) is 9.93. The van der Waals surface area contributed by atoms with Gasteiger partial charge in [-0.25, -0.2) is 0 Å². The Morgan fingerprint density at radius 1 is 1.38 bits per heavy atom. The first-order chi connectivity index (χ1) is 7.69. The van der Waals surface area contributed by atoms with Crippen molar-refractivity contribution in [3.05, 3.63) is 24.0 Å². The van der Waals surface area contributed by atoms with Crippen molar-refractivity contribution in [1.29, 1.82) is 0 Å². The van der Waals surface area contributed by atoms with Gasteiger partial charge in [-0.2, -0.15) is 0 Å². The van der Waals surface area contributed by atoms with Crippen molar-refractivity contribution < 1.29 is 10.2 Å². The molecule has 0 saturated heterocycles. The largest absolute Gasteiger partial charge is 0.395 e. The van der Waals surface area contributed by atoms with Crippen LogP contribution in [0, 0.1) is 0 Å². The number of aliphatic hydroxyl groups excluding tert-OH is 2. The van der Waals surface area contributed by atoms with Gasteiger partial charge in [-0.3, -0.25) is 4.98 Å². The number of anilines is 1. The molecule has 0 saturated carbocycles. The molecule has 0 radical (unpaired) electrons. The van der Waals surface area contributed by atoms with Crippen molar-refractivity contribution in [3.63, 3.8) is 0 Å². The molecule has 1 atom stereocenters. The third-order valence-electron chi connectivity index (χ3n) is 2.43. The highest BCUT2D eigenvalue weighted by molar-refractivity contribution is 5.44. The van der Waals surface area contributed by atoms with Crippen LogP contribution in [0.2, 0.25) is 0 Å². The Balaban J connectivity index is 2.76. The molecule has 0 aliphatic carbocycles. The summed E-state index contributed by atoms with van der Waals surface area (Å²) in [4.78, 5) is 6.27. The highest BCUT2D eigenvalue weighted by Gasteiger charge is 2.07. The Hall–Kier alpha value is -1.13. The molecular formula is C12H20N2O2. The van der Waals surface area contributed by atoms with E-state index in [9.17, 15) is 5.11 Å². The number of nitrogens with zero attached hydrogens (tertiary/aromatic N) is 2. The zero-order chi connectivity index (χ0) is 12.0. The fraction of sp³-hybridized carbons (Fsp3) is 0.583. The molecule has 4 heteroatoms. The summed E-state index contributed by atoms with van der Waals surface area (Å²) in [7, 11) is 0. The lowest BCUT2D eigenvalue weighted by molar-refractivity contribution is 0.194. The molecule has 0 aliphatic rings. The number of hydrogen-bond acceptors (Lipinski definition) is 4.